The predicted octanol–water partition coefficient (Wildman–Crippen LogP) is 4.60. The molecule has 134 valence electrons. The topological polar surface area (TPSA) is 60.5 Å². The number of hydrogen-bond donors (Lipinski definition) is 1. The van der Waals surface area contributed by atoms with Gasteiger partial charge in [0.2, 0.25) is 5.88 Å². The Labute approximate surface area is 156 Å². The van der Waals surface area contributed by atoms with Crippen LogP contribution < -0.4 is 10.1 Å². The Morgan fingerprint density at radius 1 is 1.20 bits per heavy atom. The molecule has 2 rings (SSSR count). The third-order valence-corrected chi connectivity index (χ3v) is 4.17. The Bertz CT molecular complexity index is 724. The van der Waals surface area contributed by atoms with Crippen molar-refractivity contribution in [2.24, 2.45) is 0 Å². The number of nitrogens with zero attached hydrogens (tertiary/aromatic N) is 1. The number of pyridine rings is 1. The number of amides is 1. The largest absolute Gasteiger partial charge is 0.475 e. The minimum absolute atomic E-state index is 0.190. The molecule has 1 heterocycles. The van der Waals surface area contributed by atoms with Gasteiger partial charge in [-0.15, -0.1) is 0 Å². The molecule has 0 spiro atoms. The summed E-state index contributed by atoms with van der Waals surface area (Å²) in [7, 11) is 0. The maximum atomic E-state index is 12.3. The van der Waals surface area contributed by atoms with Gasteiger partial charge < -0.3 is 14.8 Å². The third kappa shape index (κ3) is 6.48. The second kappa shape index (κ2) is 8.45. The Morgan fingerprint density at radius 2 is 1.96 bits per heavy atom. The molecule has 0 saturated carbocycles. The van der Waals surface area contributed by atoms with Crippen LogP contribution in [0.25, 0.3) is 0 Å². The molecule has 0 saturated heterocycles. The molecular weight excluding hydrogens is 384 g/mol. The minimum atomic E-state index is -0.211. The van der Waals surface area contributed by atoms with Gasteiger partial charge in [-0.3, -0.25) is 4.79 Å². The van der Waals surface area contributed by atoms with Crippen molar-refractivity contribution in [3.8, 4) is 5.88 Å². The van der Waals surface area contributed by atoms with Gasteiger partial charge in [0.25, 0.3) is 5.91 Å². The van der Waals surface area contributed by atoms with Crippen LogP contribution in [-0.4, -0.2) is 29.7 Å². The number of rotatable bonds is 6. The number of halogens is 1. The van der Waals surface area contributed by atoms with Crippen molar-refractivity contribution in [3.63, 3.8) is 0 Å². The maximum Gasteiger partial charge on any atom is 0.257 e. The molecule has 1 N–H and O–H groups in total. The van der Waals surface area contributed by atoms with E-state index < -0.39 is 0 Å². The number of carbonyl (C=O) groups is 1. The summed E-state index contributed by atoms with van der Waals surface area (Å²) in [5, 5.41) is 2.85. The number of aromatic nitrogens is 1. The van der Waals surface area contributed by atoms with Gasteiger partial charge in [0.15, 0.2) is 0 Å². The molecule has 2 aromatic rings. The van der Waals surface area contributed by atoms with Crippen LogP contribution in [0.3, 0.4) is 0 Å². The van der Waals surface area contributed by atoms with Gasteiger partial charge in [0.1, 0.15) is 6.61 Å². The molecule has 0 radical (unpaired) electrons. The summed E-state index contributed by atoms with van der Waals surface area (Å²) >= 11 is 3.44. The van der Waals surface area contributed by atoms with Gasteiger partial charge in [0, 0.05) is 22.4 Å². The first-order valence-electron chi connectivity index (χ1n) is 8.05. The number of anilines is 1. The van der Waals surface area contributed by atoms with Crippen LogP contribution in [0.4, 0.5) is 5.69 Å². The predicted molar refractivity (Wildman–Crippen MR) is 102 cm³/mol. The molecule has 6 heteroatoms. The van der Waals surface area contributed by atoms with E-state index in [0.29, 0.717) is 24.7 Å². The summed E-state index contributed by atoms with van der Waals surface area (Å²) in [6, 6.07) is 9.02. The van der Waals surface area contributed by atoms with Gasteiger partial charge in [-0.2, -0.15) is 0 Å². The third-order valence-electron chi connectivity index (χ3n) is 3.28. The molecule has 0 aliphatic carbocycles. The van der Waals surface area contributed by atoms with E-state index in [1.165, 1.54) is 6.20 Å². The standard InChI is InChI=1S/C19H23BrN2O3/c1-13-11-15(6-7-16(13)20)22-18(23)14-5-8-17(21-12-14)24-9-10-25-19(2,3)4/h5-8,11-12H,9-10H2,1-4H3,(H,22,23). The average molecular weight is 407 g/mol. The first kappa shape index (κ1) is 19.4. The Kier molecular flexibility index (Phi) is 6.56. The fraction of sp³-hybridized carbons (Fsp3) is 0.368. The van der Waals surface area contributed by atoms with Crippen molar-refractivity contribution in [2.45, 2.75) is 33.3 Å². The molecule has 1 amide bonds. The van der Waals surface area contributed by atoms with Crippen LogP contribution in [0.1, 0.15) is 36.7 Å². The second-order valence-electron chi connectivity index (χ2n) is 6.61. The van der Waals surface area contributed by atoms with Gasteiger partial charge in [0.05, 0.1) is 17.8 Å². The first-order valence-corrected chi connectivity index (χ1v) is 8.84. The zero-order valence-corrected chi connectivity index (χ0v) is 16.5. The van der Waals surface area contributed by atoms with Crippen LogP contribution in [0.5, 0.6) is 5.88 Å². The highest BCUT2D eigenvalue weighted by Crippen LogP contribution is 2.20. The van der Waals surface area contributed by atoms with Crippen molar-refractivity contribution in [1.29, 1.82) is 0 Å². The van der Waals surface area contributed by atoms with E-state index in [0.717, 1.165) is 15.7 Å². The van der Waals surface area contributed by atoms with Crippen LogP contribution in [0.2, 0.25) is 0 Å². The highest BCUT2D eigenvalue weighted by atomic mass is 79.9. The number of carbonyl (C=O) groups excluding carboxylic acids is 1. The van der Waals surface area contributed by atoms with E-state index in [-0.39, 0.29) is 11.5 Å². The fourth-order valence-electron chi connectivity index (χ4n) is 2.02. The average Bonchev–Trinajstić information content (AvgIpc) is 2.55. The maximum absolute atomic E-state index is 12.3. The zero-order valence-electron chi connectivity index (χ0n) is 14.9. The van der Waals surface area contributed by atoms with E-state index in [2.05, 4.69) is 26.2 Å². The van der Waals surface area contributed by atoms with E-state index >= 15 is 0 Å². The quantitative estimate of drug-likeness (QED) is 0.712. The molecule has 0 aliphatic rings. The molecular formula is C19H23BrN2O3. The fourth-order valence-corrected chi connectivity index (χ4v) is 2.27. The molecule has 0 atom stereocenters. The highest BCUT2D eigenvalue weighted by Gasteiger charge is 2.10. The summed E-state index contributed by atoms with van der Waals surface area (Å²) in [5.74, 6) is 0.255. The van der Waals surface area contributed by atoms with Crippen molar-refractivity contribution < 1.29 is 14.3 Å². The van der Waals surface area contributed by atoms with Gasteiger partial charge in [-0.1, -0.05) is 15.9 Å². The molecule has 0 aliphatic heterocycles. The lowest BCUT2D eigenvalue weighted by molar-refractivity contribution is -0.0168. The van der Waals surface area contributed by atoms with Gasteiger partial charge in [-0.25, -0.2) is 4.98 Å². The number of hydrogen-bond acceptors (Lipinski definition) is 4. The Hall–Kier alpha value is -1.92. The second-order valence-corrected chi connectivity index (χ2v) is 7.47. The Morgan fingerprint density at radius 3 is 2.56 bits per heavy atom. The molecule has 0 bridgehead atoms. The van der Waals surface area contributed by atoms with Crippen LogP contribution in [0, 0.1) is 6.92 Å². The monoisotopic (exact) mass is 406 g/mol. The van der Waals surface area contributed by atoms with Crippen molar-refractivity contribution in [3.05, 3.63) is 52.1 Å². The van der Waals surface area contributed by atoms with Crippen molar-refractivity contribution in [2.75, 3.05) is 18.5 Å². The van der Waals surface area contributed by atoms with E-state index in [9.17, 15) is 4.79 Å². The number of benzene rings is 1. The normalized spacial score (nSPS) is 11.2. The SMILES string of the molecule is Cc1cc(NC(=O)c2ccc(OCCOC(C)(C)C)nc2)ccc1Br. The summed E-state index contributed by atoms with van der Waals surface area (Å²) < 4.78 is 12.1. The highest BCUT2D eigenvalue weighted by molar-refractivity contribution is 9.10. The number of nitrogens with one attached hydrogen (secondary N) is 1. The van der Waals surface area contributed by atoms with Crippen molar-refractivity contribution in [1.82, 2.24) is 4.98 Å². The molecule has 1 aromatic carbocycles. The van der Waals surface area contributed by atoms with Gasteiger partial charge >= 0.3 is 0 Å². The summed E-state index contributed by atoms with van der Waals surface area (Å²) in [6.45, 7) is 8.84. The number of aryl methyl sites for hydroxylation is 1. The Balaban J connectivity index is 1.88. The molecule has 0 unspecified atom stereocenters. The van der Waals surface area contributed by atoms with Crippen LogP contribution in [-0.2, 0) is 4.74 Å². The zero-order chi connectivity index (χ0) is 18.4. The molecule has 25 heavy (non-hydrogen) atoms. The van der Waals surface area contributed by atoms with Crippen molar-refractivity contribution >= 4 is 27.5 Å². The van der Waals surface area contributed by atoms with Crippen LogP contribution in [0.15, 0.2) is 41.0 Å². The summed E-state index contributed by atoms with van der Waals surface area (Å²) in [5.41, 5.74) is 2.07. The lowest BCUT2D eigenvalue weighted by Crippen LogP contribution is -2.22. The smallest absolute Gasteiger partial charge is 0.257 e. The summed E-state index contributed by atoms with van der Waals surface area (Å²) in [4.78, 5) is 16.4. The lowest BCUT2D eigenvalue weighted by atomic mass is 10.2. The lowest BCUT2D eigenvalue weighted by Gasteiger charge is -2.19. The number of ether oxygens (including phenoxy) is 2. The van der Waals surface area contributed by atoms with Gasteiger partial charge in [-0.05, 0) is 57.5 Å². The van der Waals surface area contributed by atoms with E-state index in [1.54, 1.807) is 12.1 Å². The van der Waals surface area contributed by atoms with E-state index in [4.69, 9.17) is 9.47 Å². The molecule has 0 fully saturated rings. The first-order chi connectivity index (χ1) is 11.7. The summed E-state index contributed by atoms with van der Waals surface area (Å²) in [6.07, 6.45) is 1.50. The molecule has 5 nitrogen and oxygen atoms in total. The van der Waals surface area contributed by atoms with Crippen LogP contribution >= 0.6 is 15.9 Å². The minimum Gasteiger partial charge on any atom is -0.475 e. The van der Waals surface area contributed by atoms with E-state index in [1.807, 2.05) is 45.9 Å². The molecule has 1 aromatic heterocycles.